The van der Waals surface area contributed by atoms with Crippen LogP contribution < -0.4 is 5.73 Å². The standard InChI is InChI=1S/C15H20ClFN2O/c1-2-9-19-13(20)8-4-7-12(18)15(19)10-5-3-6-11(16)14(10)17/h3,5-6,12,15H,2,4,7-9,18H2,1H3. The van der Waals surface area contributed by atoms with Crippen molar-refractivity contribution in [3.8, 4) is 0 Å². The Morgan fingerprint density at radius 3 is 2.95 bits per heavy atom. The molecular weight excluding hydrogens is 279 g/mol. The van der Waals surface area contributed by atoms with E-state index in [1.807, 2.05) is 6.92 Å². The van der Waals surface area contributed by atoms with Crippen LogP contribution in [-0.2, 0) is 4.79 Å². The number of carbonyl (C=O) groups excluding carboxylic acids is 1. The molecule has 0 radical (unpaired) electrons. The zero-order chi connectivity index (χ0) is 14.7. The highest BCUT2D eigenvalue weighted by atomic mass is 35.5. The zero-order valence-electron chi connectivity index (χ0n) is 11.6. The third kappa shape index (κ3) is 2.96. The second kappa shape index (κ2) is 6.55. The molecule has 2 N–H and O–H groups in total. The predicted molar refractivity (Wildman–Crippen MR) is 78.0 cm³/mol. The largest absolute Gasteiger partial charge is 0.334 e. The highest BCUT2D eigenvalue weighted by Crippen LogP contribution is 2.33. The van der Waals surface area contributed by atoms with Gasteiger partial charge in [-0.05, 0) is 25.3 Å². The van der Waals surface area contributed by atoms with Crippen molar-refractivity contribution in [3.05, 3.63) is 34.6 Å². The van der Waals surface area contributed by atoms with Gasteiger partial charge in [0.05, 0.1) is 11.1 Å². The number of rotatable bonds is 3. The zero-order valence-corrected chi connectivity index (χ0v) is 12.4. The molecule has 0 spiro atoms. The fourth-order valence-electron chi connectivity index (χ4n) is 2.83. The SMILES string of the molecule is CCCN1C(=O)CCCC(N)C1c1cccc(Cl)c1F. The summed E-state index contributed by atoms with van der Waals surface area (Å²) >= 11 is 5.86. The first kappa shape index (κ1) is 15.3. The van der Waals surface area contributed by atoms with Crippen LogP contribution in [0.25, 0.3) is 0 Å². The lowest BCUT2D eigenvalue weighted by atomic mass is 9.95. The summed E-state index contributed by atoms with van der Waals surface area (Å²) in [6.07, 6.45) is 2.75. The van der Waals surface area contributed by atoms with E-state index in [9.17, 15) is 9.18 Å². The Morgan fingerprint density at radius 2 is 2.25 bits per heavy atom. The number of hydrogen-bond donors (Lipinski definition) is 1. The van der Waals surface area contributed by atoms with Gasteiger partial charge in [-0.25, -0.2) is 4.39 Å². The van der Waals surface area contributed by atoms with Crippen LogP contribution in [0.1, 0.15) is 44.2 Å². The van der Waals surface area contributed by atoms with Crippen LogP contribution >= 0.6 is 11.6 Å². The summed E-state index contributed by atoms with van der Waals surface area (Å²) in [5.41, 5.74) is 6.63. The number of benzene rings is 1. The summed E-state index contributed by atoms with van der Waals surface area (Å²) in [4.78, 5) is 14.0. The van der Waals surface area contributed by atoms with Gasteiger partial charge in [-0.3, -0.25) is 4.79 Å². The smallest absolute Gasteiger partial charge is 0.223 e. The van der Waals surface area contributed by atoms with Gasteiger partial charge in [0.2, 0.25) is 5.91 Å². The highest BCUT2D eigenvalue weighted by Gasteiger charge is 2.34. The van der Waals surface area contributed by atoms with E-state index in [2.05, 4.69) is 0 Å². The monoisotopic (exact) mass is 298 g/mol. The number of amides is 1. The lowest BCUT2D eigenvalue weighted by Crippen LogP contribution is -2.43. The van der Waals surface area contributed by atoms with E-state index in [1.54, 1.807) is 17.0 Å². The van der Waals surface area contributed by atoms with Crippen molar-refractivity contribution in [3.63, 3.8) is 0 Å². The minimum Gasteiger partial charge on any atom is -0.334 e. The summed E-state index contributed by atoms with van der Waals surface area (Å²) in [5.74, 6) is -0.422. The summed E-state index contributed by atoms with van der Waals surface area (Å²) in [5, 5.41) is 0.0721. The van der Waals surface area contributed by atoms with Gasteiger partial charge in [0.15, 0.2) is 0 Å². The molecule has 2 atom stereocenters. The molecule has 0 aromatic heterocycles. The first-order valence-corrected chi connectivity index (χ1v) is 7.43. The molecule has 1 heterocycles. The van der Waals surface area contributed by atoms with Gasteiger partial charge >= 0.3 is 0 Å². The Hall–Kier alpha value is -1.13. The molecule has 20 heavy (non-hydrogen) atoms. The van der Waals surface area contributed by atoms with Crippen molar-refractivity contribution in [1.29, 1.82) is 0 Å². The molecule has 1 amide bonds. The summed E-state index contributed by atoms with van der Waals surface area (Å²) < 4.78 is 14.3. The molecule has 5 heteroatoms. The van der Waals surface area contributed by atoms with Crippen LogP contribution in [0.2, 0.25) is 5.02 Å². The summed E-state index contributed by atoms with van der Waals surface area (Å²) in [6.45, 7) is 2.58. The molecule has 1 aromatic rings. The summed E-state index contributed by atoms with van der Waals surface area (Å²) in [7, 11) is 0. The molecule has 110 valence electrons. The maximum absolute atomic E-state index is 14.3. The van der Waals surface area contributed by atoms with Crippen molar-refractivity contribution in [2.24, 2.45) is 5.73 Å². The Kier molecular flexibility index (Phi) is 5.00. The Labute approximate surface area is 123 Å². The maximum atomic E-state index is 14.3. The van der Waals surface area contributed by atoms with Crippen molar-refractivity contribution < 1.29 is 9.18 Å². The van der Waals surface area contributed by atoms with Gasteiger partial charge in [0.1, 0.15) is 5.82 Å². The normalized spacial score (nSPS) is 23.8. The Morgan fingerprint density at radius 1 is 1.50 bits per heavy atom. The molecule has 0 aliphatic carbocycles. The van der Waals surface area contributed by atoms with Crippen molar-refractivity contribution in [1.82, 2.24) is 4.90 Å². The average molecular weight is 299 g/mol. The third-order valence-corrected chi connectivity index (χ3v) is 4.05. The number of halogens is 2. The number of likely N-dealkylation sites (tertiary alicyclic amines) is 1. The second-order valence-electron chi connectivity index (χ2n) is 5.23. The molecule has 1 fully saturated rings. The summed E-state index contributed by atoms with van der Waals surface area (Å²) in [6, 6.07) is 4.19. The van der Waals surface area contributed by atoms with Crippen LogP contribution in [-0.4, -0.2) is 23.4 Å². The van der Waals surface area contributed by atoms with E-state index in [-0.39, 0.29) is 17.0 Å². The van der Waals surface area contributed by atoms with Crippen molar-refractivity contribution >= 4 is 17.5 Å². The van der Waals surface area contributed by atoms with Gasteiger partial charge in [-0.1, -0.05) is 30.7 Å². The lowest BCUT2D eigenvalue weighted by Gasteiger charge is -2.34. The molecule has 1 aliphatic rings. The molecule has 1 aromatic carbocycles. The highest BCUT2D eigenvalue weighted by molar-refractivity contribution is 6.30. The number of hydrogen-bond acceptors (Lipinski definition) is 2. The second-order valence-corrected chi connectivity index (χ2v) is 5.64. The number of nitrogens with zero attached hydrogens (tertiary/aromatic N) is 1. The van der Waals surface area contributed by atoms with E-state index in [0.29, 0.717) is 24.9 Å². The fourth-order valence-corrected chi connectivity index (χ4v) is 3.01. The Bertz CT molecular complexity index is 495. The van der Waals surface area contributed by atoms with Gasteiger partial charge in [0.25, 0.3) is 0 Å². The van der Waals surface area contributed by atoms with E-state index >= 15 is 0 Å². The molecule has 0 bridgehead atoms. The first-order chi connectivity index (χ1) is 9.56. The van der Waals surface area contributed by atoms with Gasteiger partial charge in [0, 0.05) is 24.6 Å². The number of carbonyl (C=O) groups is 1. The predicted octanol–water partition coefficient (Wildman–Crippen LogP) is 3.27. The lowest BCUT2D eigenvalue weighted by molar-refractivity contribution is -0.133. The molecule has 2 rings (SSSR count). The molecule has 0 saturated carbocycles. The quantitative estimate of drug-likeness (QED) is 0.931. The van der Waals surface area contributed by atoms with Gasteiger partial charge in [-0.2, -0.15) is 0 Å². The van der Waals surface area contributed by atoms with E-state index < -0.39 is 11.9 Å². The fraction of sp³-hybridized carbons (Fsp3) is 0.533. The molecule has 2 unspecified atom stereocenters. The maximum Gasteiger partial charge on any atom is 0.223 e. The minimum absolute atomic E-state index is 0.0455. The van der Waals surface area contributed by atoms with E-state index in [0.717, 1.165) is 12.8 Å². The van der Waals surface area contributed by atoms with Crippen LogP contribution in [0.4, 0.5) is 4.39 Å². The van der Waals surface area contributed by atoms with E-state index in [1.165, 1.54) is 6.07 Å². The van der Waals surface area contributed by atoms with Crippen molar-refractivity contribution in [2.75, 3.05) is 6.54 Å². The Balaban J connectivity index is 2.46. The molecule has 1 aliphatic heterocycles. The number of nitrogens with two attached hydrogens (primary N) is 1. The molecule has 1 saturated heterocycles. The minimum atomic E-state index is -0.467. The van der Waals surface area contributed by atoms with Crippen LogP contribution in [0, 0.1) is 5.82 Å². The van der Waals surface area contributed by atoms with Crippen LogP contribution in [0.5, 0.6) is 0 Å². The molecular formula is C15H20ClFN2O. The van der Waals surface area contributed by atoms with Gasteiger partial charge < -0.3 is 10.6 Å². The van der Waals surface area contributed by atoms with Crippen molar-refractivity contribution in [2.45, 2.75) is 44.7 Å². The third-order valence-electron chi connectivity index (χ3n) is 3.75. The van der Waals surface area contributed by atoms with Crippen LogP contribution in [0.3, 0.4) is 0 Å². The average Bonchev–Trinajstić information content (AvgIpc) is 2.54. The first-order valence-electron chi connectivity index (χ1n) is 7.05. The van der Waals surface area contributed by atoms with Gasteiger partial charge in [-0.15, -0.1) is 0 Å². The van der Waals surface area contributed by atoms with E-state index in [4.69, 9.17) is 17.3 Å². The topological polar surface area (TPSA) is 46.3 Å². The molecule has 3 nitrogen and oxygen atoms in total. The van der Waals surface area contributed by atoms with Crippen LogP contribution in [0.15, 0.2) is 18.2 Å².